The average Bonchev–Trinajstić information content (AvgIpc) is 2.31. The molecule has 1 aromatic carbocycles. The van der Waals surface area contributed by atoms with Crippen LogP contribution in [0.5, 0.6) is 0 Å². The van der Waals surface area contributed by atoms with Crippen LogP contribution in [0.3, 0.4) is 0 Å². The fourth-order valence-corrected chi connectivity index (χ4v) is 2.45. The van der Waals surface area contributed by atoms with Crippen molar-refractivity contribution >= 4 is 0 Å². The molecule has 0 radical (unpaired) electrons. The van der Waals surface area contributed by atoms with E-state index >= 15 is 0 Å². The van der Waals surface area contributed by atoms with Gasteiger partial charge >= 0.3 is 0 Å². The molecule has 0 heterocycles. The first-order chi connectivity index (χ1) is 8.60. The smallest absolute Gasteiger partial charge is 0.128 e. The summed E-state index contributed by atoms with van der Waals surface area (Å²) in [7, 11) is 0. The Hall–Kier alpha value is -0.930. The van der Waals surface area contributed by atoms with Crippen LogP contribution in [-0.2, 0) is 0 Å². The molecule has 0 aromatic heterocycles. The van der Waals surface area contributed by atoms with Crippen molar-refractivity contribution in [1.82, 2.24) is 5.43 Å². The highest BCUT2D eigenvalue weighted by atomic mass is 19.1. The van der Waals surface area contributed by atoms with Gasteiger partial charge in [-0.1, -0.05) is 38.7 Å². The second kappa shape index (κ2) is 7.49. The number of unbranched alkanes of at least 4 members (excludes halogenated alkanes) is 3. The third-order valence-corrected chi connectivity index (χ3v) is 3.38. The molecular weight excluding hydrogens is 227 g/mol. The highest BCUT2D eigenvalue weighted by Gasteiger charge is 2.16. The molecule has 0 aliphatic heterocycles. The number of hydrazine groups is 1. The molecule has 0 aliphatic carbocycles. The van der Waals surface area contributed by atoms with E-state index < -0.39 is 0 Å². The molecule has 1 rings (SSSR count). The van der Waals surface area contributed by atoms with Crippen molar-refractivity contribution in [2.45, 2.75) is 58.9 Å². The summed E-state index contributed by atoms with van der Waals surface area (Å²) in [6, 6.07) is 3.51. The lowest BCUT2D eigenvalue weighted by Crippen LogP contribution is -2.29. The molecule has 0 amide bonds. The highest BCUT2D eigenvalue weighted by Crippen LogP contribution is 2.26. The highest BCUT2D eigenvalue weighted by molar-refractivity contribution is 5.34. The van der Waals surface area contributed by atoms with Crippen LogP contribution in [-0.4, -0.2) is 0 Å². The Morgan fingerprint density at radius 3 is 2.50 bits per heavy atom. The molecule has 1 atom stereocenters. The zero-order valence-electron chi connectivity index (χ0n) is 11.7. The van der Waals surface area contributed by atoms with Crippen LogP contribution in [0, 0.1) is 19.7 Å². The molecule has 0 fully saturated rings. The van der Waals surface area contributed by atoms with Crippen LogP contribution in [0.4, 0.5) is 4.39 Å². The average molecular weight is 252 g/mol. The van der Waals surface area contributed by atoms with E-state index in [1.807, 2.05) is 19.9 Å². The van der Waals surface area contributed by atoms with E-state index in [0.717, 1.165) is 29.5 Å². The first-order valence-corrected chi connectivity index (χ1v) is 6.83. The summed E-state index contributed by atoms with van der Waals surface area (Å²) in [5.41, 5.74) is 5.41. The van der Waals surface area contributed by atoms with E-state index in [1.54, 1.807) is 6.07 Å². The van der Waals surface area contributed by atoms with Gasteiger partial charge in [-0.25, -0.2) is 4.39 Å². The number of halogens is 1. The van der Waals surface area contributed by atoms with Crippen molar-refractivity contribution < 1.29 is 4.39 Å². The van der Waals surface area contributed by atoms with E-state index in [4.69, 9.17) is 5.84 Å². The number of nitrogens with two attached hydrogens (primary N) is 1. The monoisotopic (exact) mass is 252 g/mol. The van der Waals surface area contributed by atoms with Crippen molar-refractivity contribution in [2.75, 3.05) is 0 Å². The van der Waals surface area contributed by atoms with Gasteiger partial charge in [0.25, 0.3) is 0 Å². The third kappa shape index (κ3) is 4.07. The molecule has 102 valence electrons. The van der Waals surface area contributed by atoms with Gasteiger partial charge in [0.1, 0.15) is 5.82 Å². The Bertz CT molecular complexity index is 354. The lowest BCUT2D eigenvalue weighted by Gasteiger charge is -2.19. The van der Waals surface area contributed by atoms with Crippen molar-refractivity contribution in [1.29, 1.82) is 0 Å². The molecule has 0 saturated carbocycles. The van der Waals surface area contributed by atoms with Gasteiger partial charge in [0.2, 0.25) is 0 Å². The van der Waals surface area contributed by atoms with Gasteiger partial charge < -0.3 is 0 Å². The number of hydrogen-bond acceptors (Lipinski definition) is 2. The molecule has 0 saturated heterocycles. The van der Waals surface area contributed by atoms with Crippen molar-refractivity contribution in [2.24, 2.45) is 5.84 Å². The zero-order valence-corrected chi connectivity index (χ0v) is 11.7. The number of nitrogens with one attached hydrogen (secondary N) is 1. The summed E-state index contributed by atoms with van der Waals surface area (Å²) in [5, 5.41) is 0. The molecule has 3 N–H and O–H groups in total. The maximum atomic E-state index is 14.0. The second-order valence-electron chi connectivity index (χ2n) is 5.05. The Kier molecular flexibility index (Phi) is 6.30. The topological polar surface area (TPSA) is 38.0 Å². The third-order valence-electron chi connectivity index (χ3n) is 3.38. The van der Waals surface area contributed by atoms with E-state index in [1.165, 1.54) is 19.3 Å². The Morgan fingerprint density at radius 2 is 1.94 bits per heavy atom. The largest absolute Gasteiger partial charge is 0.271 e. The molecule has 1 aromatic rings. The molecule has 18 heavy (non-hydrogen) atoms. The molecule has 0 bridgehead atoms. The van der Waals surface area contributed by atoms with Crippen LogP contribution in [0.15, 0.2) is 12.1 Å². The van der Waals surface area contributed by atoms with E-state index in [9.17, 15) is 4.39 Å². The van der Waals surface area contributed by atoms with Crippen LogP contribution >= 0.6 is 0 Å². The van der Waals surface area contributed by atoms with E-state index in [-0.39, 0.29) is 11.9 Å². The normalized spacial score (nSPS) is 12.7. The Morgan fingerprint density at radius 1 is 1.22 bits per heavy atom. The minimum atomic E-state index is -0.147. The van der Waals surface area contributed by atoms with E-state index in [2.05, 4.69) is 12.3 Å². The summed E-state index contributed by atoms with van der Waals surface area (Å²) in [6.45, 7) is 6.04. The van der Waals surface area contributed by atoms with E-state index in [0.29, 0.717) is 0 Å². The van der Waals surface area contributed by atoms with Gasteiger partial charge in [0.15, 0.2) is 0 Å². The summed E-state index contributed by atoms with van der Waals surface area (Å²) in [5.74, 6) is 5.43. The first-order valence-electron chi connectivity index (χ1n) is 6.83. The maximum absolute atomic E-state index is 14.0. The van der Waals surface area contributed by atoms with Gasteiger partial charge in [0, 0.05) is 11.6 Å². The molecule has 3 heteroatoms. The molecule has 1 unspecified atom stereocenters. The lowest BCUT2D eigenvalue weighted by atomic mass is 9.95. The van der Waals surface area contributed by atoms with Crippen molar-refractivity contribution in [3.05, 3.63) is 34.6 Å². The van der Waals surface area contributed by atoms with Gasteiger partial charge in [-0.15, -0.1) is 0 Å². The van der Waals surface area contributed by atoms with Crippen LogP contribution in [0.1, 0.15) is 61.8 Å². The molecule has 0 aliphatic rings. The van der Waals surface area contributed by atoms with Gasteiger partial charge in [-0.2, -0.15) is 0 Å². The molecular formula is C15H25FN2. The number of rotatable bonds is 7. The second-order valence-corrected chi connectivity index (χ2v) is 5.05. The predicted molar refractivity (Wildman–Crippen MR) is 74.7 cm³/mol. The Labute approximate surface area is 110 Å². The zero-order chi connectivity index (χ0) is 13.5. The summed E-state index contributed by atoms with van der Waals surface area (Å²) >= 11 is 0. The summed E-state index contributed by atoms with van der Waals surface area (Å²) in [6.07, 6.45) is 5.58. The minimum Gasteiger partial charge on any atom is -0.271 e. The first kappa shape index (κ1) is 15.1. The fourth-order valence-electron chi connectivity index (χ4n) is 2.45. The number of hydrogen-bond donors (Lipinski definition) is 2. The number of aryl methyl sites for hydroxylation is 2. The van der Waals surface area contributed by atoms with Crippen LogP contribution in [0.25, 0.3) is 0 Å². The van der Waals surface area contributed by atoms with Crippen LogP contribution < -0.4 is 11.3 Å². The van der Waals surface area contributed by atoms with Gasteiger partial charge in [-0.3, -0.25) is 11.3 Å². The predicted octanol–water partition coefficient (Wildman–Crippen LogP) is 3.92. The molecule has 0 spiro atoms. The summed E-state index contributed by atoms with van der Waals surface area (Å²) in [4.78, 5) is 0. The molecule has 2 nitrogen and oxygen atoms in total. The van der Waals surface area contributed by atoms with Crippen molar-refractivity contribution in [3.8, 4) is 0 Å². The van der Waals surface area contributed by atoms with Crippen molar-refractivity contribution in [3.63, 3.8) is 0 Å². The van der Waals surface area contributed by atoms with Gasteiger partial charge in [0.05, 0.1) is 0 Å². The SMILES string of the molecule is CCCCCCC(NN)c1c(C)cc(C)cc1F. The minimum absolute atomic E-state index is 0.0811. The number of benzene rings is 1. The quantitative estimate of drug-likeness (QED) is 0.438. The maximum Gasteiger partial charge on any atom is 0.128 e. The Balaban J connectivity index is 2.75. The summed E-state index contributed by atoms with van der Waals surface area (Å²) < 4.78 is 14.0. The fraction of sp³-hybridized carbons (Fsp3) is 0.600. The van der Waals surface area contributed by atoms with Crippen LogP contribution in [0.2, 0.25) is 0 Å². The lowest BCUT2D eigenvalue weighted by molar-refractivity contribution is 0.458. The van der Waals surface area contributed by atoms with Gasteiger partial charge in [-0.05, 0) is 37.5 Å². The standard InChI is InChI=1S/C15H25FN2/c1-4-5-6-7-8-14(18-17)15-12(3)9-11(2)10-13(15)16/h9-10,14,18H,4-8,17H2,1-3H3.